The van der Waals surface area contributed by atoms with Crippen molar-refractivity contribution in [2.45, 2.75) is 18.5 Å². The highest BCUT2D eigenvalue weighted by atomic mass is 19.1. The minimum absolute atomic E-state index is 0.0567. The van der Waals surface area contributed by atoms with Crippen LogP contribution < -0.4 is 21.0 Å². The fourth-order valence-electron chi connectivity index (χ4n) is 2.61. The number of rotatable bonds is 5. The first-order chi connectivity index (χ1) is 12.2. The number of halogens is 1. The highest BCUT2D eigenvalue weighted by molar-refractivity contribution is 5.85. The molecule has 2 atom stereocenters. The molecular weight excluding hydrogens is 323 g/mol. The summed E-state index contributed by atoms with van der Waals surface area (Å²) in [6, 6.07) is 13.1. The molecule has 3 rings (SSSR count). The van der Waals surface area contributed by atoms with E-state index in [9.17, 15) is 9.18 Å². The number of benzene rings is 2. The average Bonchev–Trinajstić information content (AvgIpc) is 3.12. The van der Waals surface area contributed by atoms with Crippen LogP contribution in [0.1, 0.15) is 23.6 Å². The van der Waals surface area contributed by atoms with Crippen molar-refractivity contribution in [2.75, 3.05) is 7.11 Å². The monoisotopic (exact) mass is 342 g/mol. The van der Waals surface area contributed by atoms with Crippen molar-refractivity contribution in [3.63, 3.8) is 0 Å². The van der Waals surface area contributed by atoms with Crippen LogP contribution in [0.15, 0.2) is 53.6 Å². The fourth-order valence-corrected chi connectivity index (χ4v) is 2.61. The van der Waals surface area contributed by atoms with Gasteiger partial charge in [0.1, 0.15) is 17.6 Å². The van der Waals surface area contributed by atoms with Gasteiger partial charge in [0.2, 0.25) is 0 Å². The number of hydrogen-bond acceptors (Lipinski definition) is 5. The first-order valence-corrected chi connectivity index (χ1v) is 7.89. The molecule has 1 saturated heterocycles. The van der Waals surface area contributed by atoms with E-state index in [4.69, 9.17) is 4.74 Å². The third kappa shape index (κ3) is 4.40. The zero-order valence-electron chi connectivity index (χ0n) is 13.7. The number of amides is 1. The summed E-state index contributed by atoms with van der Waals surface area (Å²) in [4.78, 5) is 12.2. The maximum Gasteiger partial charge on any atom is 0.258 e. The maximum atomic E-state index is 13.0. The minimum atomic E-state index is -0.419. The van der Waals surface area contributed by atoms with Crippen molar-refractivity contribution >= 4 is 12.1 Å². The van der Waals surface area contributed by atoms with E-state index in [0.717, 1.165) is 16.9 Å². The summed E-state index contributed by atoms with van der Waals surface area (Å²) in [5.41, 5.74) is 10.2. The Labute approximate surface area is 145 Å². The quantitative estimate of drug-likeness (QED) is 0.573. The van der Waals surface area contributed by atoms with E-state index < -0.39 is 6.04 Å². The predicted molar refractivity (Wildman–Crippen MR) is 92.5 cm³/mol. The Bertz CT molecular complexity index is 764. The second-order valence-corrected chi connectivity index (χ2v) is 5.69. The lowest BCUT2D eigenvalue weighted by molar-refractivity contribution is -0.122. The van der Waals surface area contributed by atoms with Crippen molar-refractivity contribution in [3.8, 4) is 5.75 Å². The van der Waals surface area contributed by atoms with Gasteiger partial charge in [0.25, 0.3) is 5.91 Å². The molecule has 1 aliphatic rings. The molecule has 0 aromatic heterocycles. The van der Waals surface area contributed by atoms with Gasteiger partial charge in [-0.1, -0.05) is 24.3 Å². The Kier molecular flexibility index (Phi) is 5.37. The molecule has 1 aliphatic heterocycles. The summed E-state index contributed by atoms with van der Waals surface area (Å²) in [6.07, 6.45) is 2.10. The van der Waals surface area contributed by atoms with Gasteiger partial charge in [-0.25, -0.2) is 20.7 Å². The number of hydrogen-bond donors (Lipinski definition) is 3. The van der Waals surface area contributed by atoms with Crippen LogP contribution in [0.2, 0.25) is 0 Å². The zero-order valence-corrected chi connectivity index (χ0v) is 13.7. The van der Waals surface area contributed by atoms with Gasteiger partial charge in [0.15, 0.2) is 0 Å². The summed E-state index contributed by atoms with van der Waals surface area (Å²) in [5, 5.41) is 3.97. The van der Waals surface area contributed by atoms with Crippen LogP contribution in [0.25, 0.3) is 0 Å². The molecule has 2 aromatic carbocycles. The number of ether oxygens (including phenoxy) is 1. The molecule has 2 aromatic rings. The van der Waals surface area contributed by atoms with E-state index in [2.05, 4.69) is 21.4 Å². The molecule has 1 amide bonds. The Hall–Kier alpha value is -2.77. The number of nitrogens with one attached hydrogen (secondary N) is 3. The average molecular weight is 342 g/mol. The van der Waals surface area contributed by atoms with E-state index in [-0.39, 0.29) is 17.8 Å². The van der Waals surface area contributed by atoms with Gasteiger partial charge >= 0.3 is 0 Å². The summed E-state index contributed by atoms with van der Waals surface area (Å²) < 4.78 is 18.1. The van der Waals surface area contributed by atoms with Crippen LogP contribution in [0.4, 0.5) is 4.39 Å². The number of methoxy groups -OCH3 is 1. The molecule has 6 nitrogen and oxygen atoms in total. The lowest BCUT2D eigenvalue weighted by Gasteiger charge is -2.09. The van der Waals surface area contributed by atoms with Crippen molar-refractivity contribution in [2.24, 2.45) is 5.10 Å². The van der Waals surface area contributed by atoms with E-state index in [1.165, 1.54) is 12.1 Å². The Morgan fingerprint density at radius 2 is 2.08 bits per heavy atom. The van der Waals surface area contributed by atoms with E-state index in [1.54, 1.807) is 25.5 Å². The van der Waals surface area contributed by atoms with Crippen molar-refractivity contribution < 1.29 is 13.9 Å². The fraction of sp³-hybridized carbons (Fsp3) is 0.222. The summed E-state index contributed by atoms with van der Waals surface area (Å²) in [7, 11) is 1.59. The van der Waals surface area contributed by atoms with Crippen molar-refractivity contribution in [1.29, 1.82) is 0 Å². The van der Waals surface area contributed by atoms with E-state index >= 15 is 0 Å². The molecule has 0 spiro atoms. The zero-order chi connectivity index (χ0) is 17.6. The Balaban J connectivity index is 1.53. The molecular formula is C18H19FN4O2. The molecule has 25 heavy (non-hydrogen) atoms. The molecule has 3 N–H and O–H groups in total. The summed E-state index contributed by atoms with van der Waals surface area (Å²) in [5.74, 6) is 0.200. The van der Waals surface area contributed by atoms with Crippen LogP contribution in [0.3, 0.4) is 0 Å². The van der Waals surface area contributed by atoms with Crippen LogP contribution >= 0.6 is 0 Å². The van der Waals surface area contributed by atoms with Crippen LogP contribution in [0, 0.1) is 5.82 Å². The topological polar surface area (TPSA) is 74.8 Å². The molecule has 1 heterocycles. The van der Waals surface area contributed by atoms with E-state index in [1.807, 2.05) is 24.3 Å². The largest absolute Gasteiger partial charge is 0.497 e. The molecule has 7 heteroatoms. The molecule has 0 bridgehead atoms. The Morgan fingerprint density at radius 3 is 2.84 bits per heavy atom. The van der Waals surface area contributed by atoms with E-state index in [0.29, 0.717) is 6.42 Å². The molecule has 130 valence electrons. The minimum Gasteiger partial charge on any atom is -0.497 e. The van der Waals surface area contributed by atoms with Gasteiger partial charge in [0.05, 0.1) is 13.3 Å². The summed E-state index contributed by atoms with van der Waals surface area (Å²) in [6.45, 7) is 0. The maximum absolute atomic E-state index is 13.0. The predicted octanol–water partition coefficient (Wildman–Crippen LogP) is 1.89. The van der Waals surface area contributed by atoms with Gasteiger partial charge < -0.3 is 4.74 Å². The smallest absolute Gasteiger partial charge is 0.258 e. The summed E-state index contributed by atoms with van der Waals surface area (Å²) >= 11 is 0. The second-order valence-electron chi connectivity index (χ2n) is 5.69. The van der Waals surface area contributed by atoms with Crippen LogP contribution in [0.5, 0.6) is 5.75 Å². The highest BCUT2D eigenvalue weighted by Gasteiger charge is 2.29. The number of hydrazone groups is 1. The molecule has 0 aliphatic carbocycles. The molecule has 0 radical (unpaired) electrons. The third-order valence-electron chi connectivity index (χ3n) is 3.97. The normalized spacial score (nSPS) is 19.9. The van der Waals surface area contributed by atoms with Crippen LogP contribution in [-0.4, -0.2) is 25.3 Å². The first kappa shape index (κ1) is 17.1. The highest BCUT2D eigenvalue weighted by Crippen LogP contribution is 2.22. The number of hydrazine groups is 1. The third-order valence-corrected chi connectivity index (χ3v) is 3.97. The van der Waals surface area contributed by atoms with Crippen LogP contribution in [-0.2, 0) is 4.79 Å². The lowest BCUT2D eigenvalue weighted by atomic mass is 10.0. The number of nitrogens with zero attached hydrogens (tertiary/aromatic N) is 1. The van der Waals surface area contributed by atoms with Gasteiger partial charge in [-0.3, -0.25) is 4.79 Å². The molecule has 1 fully saturated rings. The first-order valence-electron chi connectivity index (χ1n) is 7.89. The van der Waals surface area contributed by atoms with Gasteiger partial charge in [-0.05, 0) is 41.8 Å². The molecule has 0 saturated carbocycles. The van der Waals surface area contributed by atoms with Gasteiger partial charge in [0, 0.05) is 6.04 Å². The van der Waals surface area contributed by atoms with Crippen molar-refractivity contribution in [1.82, 2.24) is 16.3 Å². The molecule has 2 unspecified atom stereocenters. The second kappa shape index (κ2) is 7.87. The number of carbonyl (C=O) groups excluding carboxylic acids is 1. The standard InChI is InChI=1S/C18H19FN4O2/c1-25-15-4-2-3-12(9-15)11-20-23-18(24)17-10-16(21-22-17)13-5-7-14(19)8-6-13/h2-9,11,16-17,21-22H,10H2,1H3,(H,23,24)/b20-11-. The SMILES string of the molecule is COc1cccc(/C=N\NC(=O)C2CC(c3ccc(F)cc3)NN2)c1. The van der Waals surface area contributed by atoms with Crippen molar-refractivity contribution in [3.05, 3.63) is 65.5 Å². The Morgan fingerprint density at radius 1 is 1.28 bits per heavy atom. The van der Waals surface area contributed by atoms with Gasteiger partial charge in [-0.15, -0.1) is 0 Å². The number of carbonyl (C=O) groups is 1. The lowest BCUT2D eigenvalue weighted by Crippen LogP contribution is -2.41. The van der Waals surface area contributed by atoms with Gasteiger partial charge in [-0.2, -0.15) is 5.10 Å².